The molecular weight excluding hydrogens is 1200 g/mol. The second-order valence-electron chi connectivity index (χ2n) is 27.5. The lowest BCUT2D eigenvalue weighted by Gasteiger charge is -2.48. The molecule has 3 aliphatic heterocycles. The van der Waals surface area contributed by atoms with E-state index in [1.807, 2.05) is 6.08 Å². The van der Waals surface area contributed by atoms with Crippen LogP contribution in [0.3, 0.4) is 0 Å². The van der Waals surface area contributed by atoms with E-state index in [4.69, 9.17) is 28.4 Å². The first-order valence-corrected chi connectivity index (χ1v) is 38.2. The van der Waals surface area contributed by atoms with Crippen molar-refractivity contribution in [2.45, 2.75) is 407 Å². The molecule has 552 valence electrons. The lowest BCUT2D eigenvalue weighted by molar-refractivity contribution is -0.379. The molecular formula is C75H139NO18. The molecule has 0 aliphatic carbocycles. The summed E-state index contributed by atoms with van der Waals surface area (Å²) < 4.78 is 34.4. The van der Waals surface area contributed by atoms with Crippen LogP contribution in [-0.2, 0) is 33.2 Å². The largest absolute Gasteiger partial charge is 0.394 e. The average molecular weight is 1340 g/mol. The van der Waals surface area contributed by atoms with E-state index in [9.17, 15) is 61.0 Å². The van der Waals surface area contributed by atoms with Gasteiger partial charge in [0.1, 0.15) is 73.2 Å². The summed E-state index contributed by atoms with van der Waals surface area (Å²) >= 11 is 0. The highest BCUT2D eigenvalue weighted by Crippen LogP contribution is 2.33. The van der Waals surface area contributed by atoms with Gasteiger partial charge in [0, 0.05) is 6.42 Å². The van der Waals surface area contributed by atoms with E-state index >= 15 is 0 Å². The van der Waals surface area contributed by atoms with E-state index in [2.05, 4.69) is 43.5 Å². The van der Waals surface area contributed by atoms with E-state index in [0.717, 1.165) is 44.9 Å². The Labute approximate surface area is 568 Å². The second-order valence-corrected chi connectivity index (χ2v) is 27.5. The standard InChI is InChI=1S/C75H139NO18/c1-3-5-7-9-11-13-15-17-19-21-23-25-26-27-28-29-30-31-32-33-35-37-39-41-43-45-47-49-51-53-63(81)76-58(59(80)52-50-48-46-44-42-40-38-36-34-24-22-20-18-16-14-12-10-8-6-4-2)57-89-73-69(87)66(84)71(61(55-78)91-73)94-75-70(88)67(85)72(62(56-79)92-75)93-74-68(86)65(83)64(82)60(54-77)90-74/h34,36,42,44,50,52,58-62,64-75,77-80,82-88H,3-33,35,37-41,43,45-49,51,53-57H2,1-2H3,(H,76,81)/b36-34+,44-42+,52-50+. The minimum Gasteiger partial charge on any atom is -0.394 e. The van der Waals surface area contributed by atoms with Crippen LogP contribution in [0.2, 0.25) is 0 Å². The molecule has 17 unspecified atom stereocenters. The molecule has 3 rings (SSSR count). The van der Waals surface area contributed by atoms with E-state index in [1.54, 1.807) is 6.08 Å². The molecule has 0 spiro atoms. The van der Waals surface area contributed by atoms with Crippen LogP contribution in [-0.4, -0.2) is 193 Å². The van der Waals surface area contributed by atoms with E-state index in [0.29, 0.717) is 12.8 Å². The molecule has 3 heterocycles. The van der Waals surface area contributed by atoms with Gasteiger partial charge in [-0.05, 0) is 44.9 Å². The van der Waals surface area contributed by atoms with Gasteiger partial charge in [-0.1, -0.05) is 288 Å². The van der Waals surface area contributed by atoms with Gasteiger partial charge in [0.15, 0.2) is 18.9 Å². The third-order valence-electron chi connectivity index (χ3n) is 19.2. The molecule has 19 nitrogen and oxygen atoms in total. The first-order valence-electron chi connectivity index (χ1n) is 38.2. The quantitative estimate of drug-likeness (QED) is 0.0199. The molecule has 3 saturated heterocycles. The lowest BCUT2D eigenvalue weighted by Crippen LogP contribution is -2.66. The summed E-state index contributed by atoms with van der Waals surface area (Å²) in [5.74, 6) is -0.284. The van der Waals surface area contributed by atoms with Gasteiger partial charge < -0.3 is 89.9 Å². The van der Waals surface area contributed by atoms with Gasteiger partial charge >= 0.3 is 0 Å². The summed E-state index contributed by atoms with van der Waals surface area (Å²) in [4.78, 5) is 13.4. The highest BCUT2D eigenvalue weighted by Gasteiger charge is 2.53. The molecule has 19 heteroatoms. The van der Waals surface area contributed by atoms with Gasteiger partial charge in [0.2, 0.25) is 5.91 Å². The number of amides is 1. The van der Waals surface area contributed by atoms with Crippen LogP contribution in [0.15, 0.2) is 36.5 Å². The smallest absolute Gasteiger partial charge is 0.220 e. The number of aliphatic hydroxyl groups is 11. The van der Waals surface area contributed by atoms with Crippen LogP contribution in [0.5, 0.6) is 0 Å². The number of ether oxygens (including phenoxy) is 6. The maximum Gasteiger partial charge on any atom is 0.220 e. The highest BCUT2D eigenvalue weighted by atomic mass is 16.8. The molecule has 0 bridgehead atoms. The SMILES string of the molecule is CCCCCCCCCCCC/C=C/CC/C=C/CC/C=C/C(O)C(COC1OC(CO)C(OC2OC(CO)C(OC3OC(CO)C(O)C(O)C3O)C(O)C2O)C(O)C1O)NC(=O)CCCCCCCCCCCCCCCCCCCCCCCCCCCCCCC. The van der Waals surface area contributed by atoms with Crippen molar-refractivity contribution in [1.82, 2.24) is 5.32 Å². The fourth-order valence-electron chi connectivity index (χ4n) is 13.0. The molecule has 0 aromatic carbocycles. The molecule has 17 atom stereocenters. The van der Waals surface area contributed by atoms with Crippen molar-refractivity contribution in [2.24, 2.45) is 0 Å². The Morgan fingerprint density at radius 1 is 0.372 bits per heavy atom. The highest BCUT2D eigenvalue weighted by molar-refractivity contribution is 5.76. The first kappa shape index (κ1) is 86.2. The van der Waals surface area contributed by atoms with Crippen molar-refractivity contribution >= 4 is 5.91 Å². The Morgan fingerprint density at radius 3 is 1.06 bits per heavy atom. The summed E-state index contributed by atoms with van der Waals surface area (Å²) in [7, 11) is 0. The zero-order valence-electron chi connectivity index (χ0n) is 58.7. The molecule has 0 aromatic heterocycles. The average Bonchev–Trinajstić information content (AvgIpc) is 0.787. The number of aliphatic hydroxyl groups excluding tert-OH is 11. The molecule has 0 radical (unpaired) electrons. The zero-order chi connectivity index (χ0) is 68.2. The van der Waals surface area contributed by atoms with Gasteiger partial charge in [-0.2, -0.15) is 0 Å². The van der Waals surface area contributed by atoms with Crippen molar-refractivity contribution in [3.05, 3.63) is 36.5 Å². The van der Waals surface area contributed by atoms with E-state index in [-0.39, 0.29) is 18.9 Å². The third-order valence-corrected chi connectivity index (χ3v) is 19.2. The number of carbonyl (C=O) groups excluding carboxylic acids is 1. The number of carbonyl (C=O) groups is 1. The summed E-state index contributed by atoms with van der Waals surface area (Å²) in [6.07, 6.45) is 41.4. The van der Waals surface area contributed by atoms with Crippen LogP contribution >= 0.6 is 0 Å². The number of allylic oxidation sites excluding steroid dienone is 5. The summed E-state index contributed by atoms with van der Waals surface area (Å²) in [6, 6.07) is -0.995. The van der Waals surface area contributed by atoms with Gasteiger partial charge in [-0.15, -0.1) is 0 Å². The fraction of sp³-hybridized carbons (Fsp3) is 0.907. The maximum absolute atomic E-state index is 13.4. The minimum atomic E-state index is -1.98. The molecule has 0 saturated carbocycles. The summed E-state index contributed by atoms with van der Waals surface area (Å²) in [5, 5.41) is 121. The molecule has 94 heavy (non-hydrogen) atoms. The van der Waals surface area contributed by atoms with Crippen molar-refractivity contribution in [2.75, 3.05) is 26.4 Å². The Kier molecular flexibility index (Phi) is 52.0. The Morgan fingerprint density at radius 2 is 0.681 bits per heavy atom. The van der Waals surface area contributed by atoms with Crippen LogP contribution in [0.1, 0.15) is 303 Å². The van der Waals surface area contributed by atoms with Crippen LogP contribution in [0, 0.1) is 0 Å². The number of unbranched alkanes of at least 4 members (excludes halogenated alkanes) is 40. The Bertz CT molecular complexity index is 1840. The van der Waals surface area contributed by atoms with E-state index in [1.165, 1.54) is 225 Å². The summed E-state index contributed by atoms with van der Waals surface area (Å²) in [5.41, 5.74) is 0. The van der Waals surface area contributed by atoms with E-state index < -0.39 is 124 Å². The first-order chi connectivity index (χ1) is 45.8. The van der Waals surface area contributed by atoms with Crippen molar-refractivity contribution in [3.8, 4) is 0 Å². The molecule has 3 fully saturated rings. The lowest BCUT2D eigenvalue weighted by atomic mass is 9.96. The normalized spacial score (nSPS) is 27.5. The summed E-state index contributed by atoms with van der Waals surface area (Å²) in [6.45, 7) is 1.75. The number of rotatable bonds is 60. The second kappa shape index (κ2) is 56.7. The van der Waals surface area contributed by atoms with Gasteiger partial charge in [0.05, 0.1) is 38.6 Å². The molecule has 1 amide bonds. The van der Waals surface area contributed by atoms with Crippen LogP contribution < -0.4 is 5.32 Å². The Balaban J connectivity index is 1.40. The van der Waals surface area contributed by atoms with Crippen LogP contribution in [0.25, 0.3) is 0 Å². The van der Waals surface area contributed by atoms with Crippen molar-refractivity contribution in [1.29, 1.82) is 0 Å². The zero-order valence-corrected chi connectivity index (χ0v) is 58.7. The van der Waals surface area contributed by atoms with Gasteiger partial charge in [-0.25, -0.2) is 0 Å². The van der Waals surface area contributed by atoms with Gasteiger partial charge in [0.25, 0.3) is 0 Å². The predicted molar refractivity (Wildman–Crippen MR) is 369 cm³/mol. The third kappa shape index (κ3) is 37.4. The number of nitrogens with one attached hydrogen (secondary N) is 1. The van der Waals surface area contributed by atoms with Crippen LogP contribution in [0.4, 0.5) is 0 Å². The number of hydrogen-bond acceptors (Lipinski definition) is 18. The Hall–Kier alpha value is -1.99. The van der Waals surface area contributed by atoms with Crippen molar-refractivity contribution in [3.63, 3.8) is 0 Å². The molecule has 0 aromatic rings. The predicted octanol–water partition coefficient (Wildman–Crippen LogP) is 11.6. The maximum atomic E-state index is 13.4. The monoisotopic (exact) mass is 1340 g/mol. The van der Waals surface area contributed by atoms with Crippen molar-refractivity contribution < 1.29 is 89.4 Å². The minimum absolute atomic E-state index is 0.236. The number of hydrogen-bond donors (Lipinski definition) is 12. The molecule has 3 aliphatic rings. The van der Waals surface area contributed by atoms with Gasteiger partial charge in [-0.3, -0.25) is 4.79 Å². The topological polar surface area (TPSA) is 307 Å². The molecule has 12 N–H and O–H groups in total. The fourth-order valence-corrected chi connectivity index (χ4v) is 13.0.